The minimum Gasteiger partial charge on any atom is -0.415 e. The maximum absolute atomic E-state index is 12.2. The molecule has 1 aliphatic rings. The maximum Gasteiger partial charge on any atom is 0.355 e. The van der Waals surface area contributed by atoms with Crippen LogP contribution in [-0.4, -0.2) is 18.2 Å². The van der Waals surface area contributed by atoms with Crippen molar-refractivity contribution in [2.75, 3.05) is 5.32 Å². The molecule has 0 amide bonds. The normalized spacial score (nSPS) is 16.6. The summed E-state index contributed by atoms with van der Waals surface area (Å²) in [5.74, 6) is -1.34. The number of hydrogen-bond acceptors (Lipinski definition) is 5. The molecule has 6 heteroatoms. The minimum absolute atomic E-state index is 0.131. The highest BCUT2D eigenvalue weighted by atomic mass is 35.5. The van der Waals surface area contributed by atoms with E-state index in [0.29, 0.717) is 5.56 Å². The molecule has 0 spiro atoms. The molecular weight excluding hydrogens is 342 g/mol. The molecule has 128 valence electrons. The van der Waals surface area contributed by atoms with E-state index in [1.54, 1.807) is 30.3 Å². The number of cyclic esters (lactones) is 1. The molecule has 3 rings (SSSR count). The van der Waals surface area contributed by atoms with E-state index in [0.717, 1.165) is 16.8 Å². The third-order valence-electron chi connectivity index (χ3n) is 3.83. The first kappa shape index (κ1) is 17.0. The van der Waals surface area contributed by atoms with Crippen molar-refractivity contribution in [3.05, 3.63) is 76.0 Å². The molecule has 25 heavy (non-hydrogen) atoms. The summed E-state index contributed by atoms with van der Waals surface area (Å²) in [5, 5.41) is 2.96. The van der Waals surface area contributed by atoms with Crippen molar-refractivity contribution in [1.82, 2.24) is 0 Å². The number of nitrogens with one attached hydrogen (secondary N) is 1. The number of aryl methyl sites for hydroxylation is 2. The number of rotatable bonds is 4. The number of benzene rings is 2. The van der Waals surface area contributed by atoms with Gasteiger partial charge in [0.25, 0.3) is 6.29 Å². The largest absolute Gasteiger partial charge is 0.415 e. The molecular formula is C19H16ClNO4. The molecule has 1 N–H and O–H groups in total. The Balaban J connectivity index is 1.85. The first-order valence-electron chi connectivity index (χ1n) is 7.67. The van der Waals surface area contributed by atoms with Crippen molar-refractivity contribution in [3.8, 4) is 0 Å². The number of carbonyl (C=O) groups excluding carboxylic acids is 2. The Hall–Kier alpha value is -2.79. The fourth-order valence-electron chi connectivity index (χ4n) is 2.50. The average molecular weight is 358 g/mol. The fraction of sp³-hybridized carbons (Fsp3) is 0.158. The Morgan fingerprint density at radius 1 is 1.08 bits per heavy atom. The van der Waals surface area contributed by atoms with Crippen LogP contribution in [0.5, 0.6) is 0 Å². The molecule has 0 bridgehead atoms. The standard InChI is InChI=1S/C19H16ClNO4/c1-11-7-6-8-12(2)15(11)21-16-14(20)18(23)25-19(16)24-17(22)13-9-4-3-5-10-13/h3-10,19,21H,1-2H3/t19-/m0/s1. The number of halogens is 1. The number of esters is 2. The van der Waals surface area contributed by atoms with Crippen LogP contribution in [0, 0.1) is 13.8 Å². The monoisotopic (exact) mass is 357 g/mol. The summed E-state index contributed by atoms with van der Waals surface area (Å²) < 4.78 is 10.4. The molecule has 0 saturated heterocycles. The van der Waals surface area contributed by atoms with Crippen LogP contribution in [0.4, 0.5) is 5.69 Å². The van der Waals surface area contributed by atoms with Gasteiger partial charge in [-0.05, 0) is 37.1 Å². The zero-order chi connectivity index (χ0) is 18.0. The van der Waals surface area contributed by atoms with E-state index in [2.05, 4.69) is 5.32 Å². The second-order valence-corrected chi connectivity index (χ2v) is 6.01. The second-order valence-electron chi connectivity index (χ2n) is 5.63. The summed E-state index contributed by atoms with van der Waals surface area (Å²) >= 11 is 6.06. The molecule has 2 aromatic carbocycles. The Bertz CT molecular complexity index is 841. The lowest BCUT2D eigenvalue weighted by Crippen LogP contribution is -2.24. The molecule has 0 radical (unpaired) electrons. The van der Waals surface area contributed by atoms with Crippen LogP contribution in [-0.2, 0) is 14.3 Å². The number of anilines is 1. The van der Waals surface area contributed by atoms with Gasteiger partial charge in [-0.3, -0.25) is 0 Å². The predicted octanol–water partition coefficient (Wildman–Crippen LogP) is 3.91. The molecule has 0 unspecified atom stereocenters. The van der Waals surface area contributed by atoms with Crippen molar-refractivity contribution in [2.45, 2.75) is 20.1 Å². The summed E-state index contributed by atoms with van der Waals surface area (Å²) in [7, 11) is 0. The van der Waals surface area contributed by atoms with Gasteiger partial charge in [-0.15, -0.1) is 0 Å². The Kier molecular flexibility index (Phi) is 4.76. The van der Waals surface area contributed by atoms with E-state index in [4.69, 9.17) is 21.1 Å². The van der Waals surface area contributed by atoms with Crippen LogP contribution >= 0.6 is 11.6 Å². The van der Waals surface area contributed by atoms with Gasteiger partial charge in [-0.2, -0.15) is 0 Å². The van der Waals surface area contributed by atoms with Gasteiger partial charge in [0.1, 0.15) is 5.70 Å². The van der Waals surface area contributed by atoms with Crippen molar-refractivity contribution in [3.63, 3.8) is 0 Å². The summed E-state index contributed by atoms with van der Waals surface area (Å²) in [6, 6.07) is 14.2. The van der Waals surface area contributed by atoms with Crippen molar-refractivity contribution in [1.29, 1.82) is 0 Å². The number of carbonyl (C=O) groups is 2. The third-order valence-corrected chi connectivity index (χ3v) is 4.19. The Morgan fingerprint density at radius 3 is 2.36 bits per heavy atom. The first-order valence-corrected chi connectivity index (χ1v) is 8.05. The first-order chi connectivity index (χ1) is 12.0. The Morgan fingerprint density at radius 2 is 1.72 bits per heavy atom. The zero-order valence-corrected chi connectivity index (χ0v) is 14.5. The van der Waals surface area contributed by atoms with Crippen LogP contribution in [0.15, 0.2) is 59.3 Å². The zero-order valence-electron chi connectivity index (χ0n) is 13.7. The van der Waals surface area contributed by atoms with Crippen molar-refractivity contribution < 1.29 is 19.1 Å². The predicted molar refractivity (Wildman–Crippen MR) is 94.2 cm³/mol. The van der Waals surface area contributed by atoms with Crippen LogP contribution < -0.4 is 5.32 Å². The van der Waals surface area contributed by atoms with Gasteiger partial charge < -0.3 is 14.8 Å². The molecule has 1 heterocycles. The highest BCUT2D eigenvalue weighted by molar-refractivity contribution is 6.42. The lowest BCUT2D eigenvalue weighted by atomic mass is 10.1. The molecule has 2 aromatic rings. The fourth-order valence-corrected chi connectivity index (χ4v) is 2.68. The number of hydrogen-bond donors (Lipinski definition) is 1. The maximum atomic E-state index is 12.2. The molecule has 0 aliphatic carbocycles. The highest BCUT2D eigenvalue weighted by Gasteiger charge is 2.37. The van der Waals surface area contributed by atoms with Gasteiger partial charge in [0.05, 0.1) is 5.56 Å². The molecule has 5 nitrogen and oxygen atoms in total. The van der Waals surface area contributed by atoms with Gasteiger partial charge in [0.15, 0.2) is 5.03 Å². The number of para-hydroxylation sites is 1. The summed E-state index contributed by atoms with van der Waals surface area (Å²) in [6.45, 7) is 3.85. The van der Waals surface area contributed by atoms with E-state index in [1.165, 1.54) is 0 Å². The molecule has 0 saturated carbocycles. The molecule has 1 aliphatic heterocycles. The second kappa shape index (κ2) is 6.99. The third kappa shape index (κ3) is 3.51. The van der Waals surface area contributed by atoms with Crippen LogP contribution in [0.25, 0.3) is 0 Å². The molecule has 1 atom stereocenters. The average Bonchev–Trinajstić information content (AvgIpc) is 2.86. The van der Waals surface area contributed by atoms with Gasteiger partial charge in [-0.1, -0.05) is 48.0 Å². The van der Waals surface area contributed by atoms with Crippen LogP contribution in [0.2, 0.25) is 0 Å². The summed E-state index contributed by atoms with van der Waals surface area (Å²) in [5.41, 5.74) is 3.28. The topological polar surface area (TPSA) is 64.6 Å². The van der Waals surface area contributed by atoms with Crippen LogP contribution in [0.1, 0.15) is 21.5 Å². The van der Waals surface area contributed by atoms with Crippen molar-refractivity contribution in [2.24, 2.45) is 0 Å². The van der Waals surface area contributed by atoms with Crippen molar-refractivity contribution >= 4 is 29.2 Å². The number of ether oxygens (including phenoxy) is 2. The van der Waals surface area contributed by atoms with E-state index in [9.17, 15) is 9.59 Å². The van der Waals surface area contributed by atoms with Crippen LogP contribution in [0.3, 0.4) is 0 Å². The van der Waals surface area contributed by atoms with Gasteiger partial charge in [-0.25, -0.2) is 9.59 Å². The summed E-state index contributed by atoms with van der Waals surface area (Å²) in [6.07, 6.45) is -1.22. The molecule has 0 fully saturated rings. The lowest BCUT2D eigenvalue weighted by molar-refractivity contribution is -0.152. The minimum atomic E-state index is -1.22. The Labute approximate surface area is 150 Å². The van der Waals surface area contributed by atoms with Gasteiger partial charge in [0, 0.05) is 5.69 Å². The lowest BCUT2D eigenvalue weighted by Gasteiger charge is -2.18. The highest BCUT2D eigenvalue weighted by Crippen LogP contribution is 2.31. The van der Waals surface area contributed by atoms with Gasteiger partial charge in [0.2, 0.25) is 0 Å². The SMILES string of the molecule is Cc1cccc(C)c1NC1=C(Cl)C(=O)O[C@@H]1OC(=O)c1ccccc1. The van der Waals surface area contributed by atoms with E-state index < -0.39 is 18.2 Å². The van der Waals surface area contributed by atoms with E-state index in [1.807, 2.05) is 32.0 Å². The van der Waals surface area contributed by atoms with Gasteiger partial charge >= 0.3 is 11.9 Å². The molecule has 0 aromatic heterocycles. The van der Waals surface area contributed by atoms with E-state index >= 15 is 0 Å². The summed E-state index contributed by atoms with van der Waals surface area (Å²) in [4.78, 5) is 24.1. The quantitative estimate of drug-likeness (QED) is 0.840. The smallest absolute Gasteiger partial charge is 0.355 e. The van der Waals surface area contributed by atoms with E-state index in [-0.39, 0.29) is 10.7 Å².